The summed E-state index contributed by atoms with van der Waals surface area (Å²) in [5, 5.41) is 10.5. The minimum atomic E-state index is -0.235. The third kappa shape index (κ3) is 3.93. The van der Waals surface area contributed by atoms with E-state index in [0.717, 1.165) is 28.6 Å². The van der Waals surface area contributed by atoms with E-state index < -0.39 is 0 Å². The van der Waals surface area contributed by atoms with E-state index in [-0.39, 0.29) is 17.9 Å². The number of rotatable bonds is 3. The first kappa shape index (κ1) is 20.2. The third-order valence-corrected chi connectivity index (χ3v) is 7.30. The lowest BCUT2D eigenvalue weighted by Crippen LogP contribution is -2.23. The average molecular weight is 452 g/mol. The molecule has 0 radical (unpaired) electrons. The quantitative estimate of drug-likeness (QED) is 0.336. The monoisotopic (exact) mass is 451 g/mol. The third-order valence-electron chi connectivity index (χ3n) is 6.26. The van der Waals surface area contributed by atoms with Gasteiger partial charge in [0.1, 0.15) is 5.82 Å². The fraction of sp³-hybridized carbons (Fsp3) is 0.143. The Morgan fingerprint density at radius 1 is 0.788 bits per heavy atom. The van der Waals surface area contributed by atoms with Crippen molar-refractivity contribution < 1.29 is 4.39 Å². The van der Waals surface area contributed by atoms with Crippen LogP contribution in [0.15, 0.2) is 107 Å². The van der Waals surface area contributed by atoms with Gasteiger partial charge in [-0.1, -0.05) is 90.6 Å². The number of hydrogen-bond acceptors (Lipinski definition) is 4. The van der Waals surface area contributed by atoms with Gasteiger partial charge in [0.2, 0.25) is 0 Å². The Hall–Kier alpha value is -3.44. The van der Waals surface area contributed by atoms with Crippen molar-refractivity contribution in [1.82, 2.24) is 5.01 Å². The molecule has 0 saturated heterocycles. The molecule has 2 aliphatic rings. The maximum Gasteiger partial charge on any atom is 0.181 e. The number of amidine groups is 1. The Morgan fingerprint density at radius 2 is 1.55 bits per heavy atom. The fourth-order valence-corrected chi connectivity index (χ4v) is 5.59. The van der Waals surface area contributed by atoms with E-state index >= 15 is 0 Å². The Labute approximate surface area is 196 Å². The predicted octanol–water partition coefficient (Wildman–Crippen LogP) is 6.97. The first-order valence-corrected chi connectivity index (χ1v) is 12.1. The van der Waals surface area contributed by atoms with Gasteiger partial charge in [0, 0.05) is 12.2 Å². The highest BCUT2D eigenvalue weighted by Crippen LogP contribution is 2.40. The van der Waals surface area contributed by atoms with Gasteiger partial charge in [0.05, 0.1) is 17.8 Å². The molecule has 0 amide bonds. The van der Waals surface area contributed by atoms with E-state index in [9.17, 15) is 4.39 Å². The number of fused-ring (bicyclic) bond motifs is 1. The Kier molecular flexibility index (Phi) is 5.19. The number of benzene rings is 4. The summed E-state index contributed by atoms with van der Waals surface area (Å²) in [6, 6.07) is 32.3. The van der Waals surface area contributed by atoms with Gasteiger partial charge >= 0.3 is 0 Å². The molecule has 162 valence electrons. The zero-order valence-electron chi connectivity index (χ0n) is 17.9. The summed E-state index contributed by atoms with van der Waals surface area (Å²) in [6.45, 7) is 0. The van der Waals surface area contributed by atoms with E-state index in [2.05, 4.69) is 71.7 Å². The molecule has 2 unspecified atom stereocenters. The van der Waals surface area contributed by atoms with Crippen LogP contribution in [-0.4, -0.2) is 21.6 Å². The average Bonchev–Trinajstić information content (AvgIpc) is 3.53. The highest BCUT2D eigenvalue weighted by molar-refractivity contribution is 8.14. The zero-order valence-corrected chi connectivity index (χ0v) is 18.8. The summed E-state index contributed by atoms with van der Waals surface area (Å²) in [7, 11) is 0. The molecule has 0 N–H and O–H groups in total. The molecule has 0 fully saturated rings. The molecule has 6 rings (SSSR count). The number of hydrogen-bond donors (Lipinski definition) is 0. The second-order valence-corrected chi connectivity index (χ2v) is 9.36. The predicted molar refractivity (Wildman–Crippen MR) is 135 cm³/mol. The maximum absolute atomic E-state index is 13.5. The van der Waals surface area contributed by atoms with Crippen LogP contribution in [0.1, 0.15) is 35.2 Å². The number of nitrogens with zero attached hydrogens (tertiary/aromatic N) is 3. The van der Waals surface area contributed by atoms with E-state index in [1.807, 2.05) is 18.2 Å². The van der Waals surface area contributed by atoms with Crippen LogP contribution in [0.5, 0.6) is 0 Å². The topological polar surface area (TPSA) is 28.0 Å². The molecule has 4 aromatic carbocycles. The Morgan fingerprint density at radius 3 is 2.36 bits per heavy atom. The zero-order chi connectivity index (χ0) is 22.2. The molecular formula is C28H22FN3S. The lowest BCUT2D eigenvalue weighted by molar-refractivity contribution is 0.376. The molecule has 2 heterocycles. The van der Waals surface area contributed by atoms with Crippen molar-refractivity contribution in [2.45, 2.75) is 18.5 Å². The van der Waals surface area contributed by atoms with Crippen LogP contribution in [-0.2, 0) is 0 Å². The van der Waals surface area contributed by atoms with Crippen molar-refractivity contribution in [3.05, 3.63) is 120 Å². The molecule has 0 saturated carbocycles. The van der Waals surface area contributed by atoms with Gasteiger partial charge in [0.15, 0.2) is 5.17 Å². The molecule has 33 heavy (non-hydrogen) atoms. The summed E-state index contributed by atoms with van der Waals surface area (Å²) in [5.74, 6) is 0.670. The second-order valence-electron chi connectivity index (χ2n) is 8.37. The van der Waals surface area contributed by atoms with Crippen LogP contribution >= 0.6 is 11.8 Å². The van der Waals surface area contributed by atoms with Crippen molar-refractivity contribution in [2.75, 3.05) is 5.75 Å². The summed E-state index contributed by atoms with van der Waals surface area (Å²) < 4.78 is 13.5. The largest absolute Gasteiger partial charge is 0.252 e. The molecule has 0 spiro atoms. The first-order valence-electron chi connectivity index (χ1n) is 11.1. The van der Waals surface area contributed by atoms with Crippen molar-refractivity contribution in [2.24, 2.45) is 10.1 Å². The molecule has 3 nitrogen and oxygen atoms in total. The van der Waals surface area contributed by atoms with Gasteiger partial charge < -0.3 is 0 Å². The van der Waals surface area contributed by atoms with Crippen LogP contribution < -0.4 is 0 Å². The summed E-state index contributed by atoms with van der Waals surface area (Å²) in [5.41, 5.74) is 4.35. The van der Waals surface area contributed by atoms with Crippen LogP contribution in [0.3, 0.4) is 0 Å². The second kappa shape index (κ2) is 8.49. The minimum Gasteiger partial charge on any atom is -0.252 e. The highest BCUT2D eigenvalue weighted by Gasteiger charge is 2.35. The normalized spacial score (nSPS) is 20.2. The van der Waals surface area contributed by atoms with E-state index in [4.69, 9.17) is 10.1 Å². The summed E-state index contributed by atoms with van der Waals surface area (Å²) in [4.78, 5) is 5.06. The number of aliphatic imine (C=N–C) groups is 1. The van der Waals surface area contributed by atoms with Crippen LogP contribution in [0, 0.1) is 5.82 Å². The van der Waals surface area contributed by atoms with Gasteiger partial charge in [0.25, 0.3) is 0 Å². The number of thioether (sulfide) groups is 1. The Balaban J connectivity index is 1.39. The van der Waals surface area contributed by atoms with E-state index in [0.29, 0.717) is 0 Å². The lowest BCUT2D eigenvalue weighted by atomic mass is 9.96. The smallest absolute Gasteiger partial charge is 0.181 e. The number of hydrazone groups is 1. The SMILES string of the molecule is Fc1ccc(C2=NN(C3=NC(c4ccccc4)CS3)C(c3ccc4ccccc4c3)C2)cc1. The fourth-order valence-electron chi connectivity index (χ4n) is 4.51. The maximum atomic E-state index is 13.5. The van der Waals surface area contributed by atoms with Gasteiger partial charge in [-0.2, -0.15) is 5.10 Å². The number of halogens is 1. The van der Waals surface area contributed by atoms with Gasteiger partial charge in [-0.25, -0.2) is 9.40 Å². The molecule has 0 aromatic heterocycles. The van der Waals surface area contributed by atoms with Crippen LogP contribution in [0.25, 0.3) is 10.8 Å². The molecule has 2 atom stereocenters. The van der Waals surface area contributed by atoms with Gasteiger partial charge in [-0.15, -0.1) is 0 Å². The Bertz CT molecular complexity index is 1370. The van der Waals surface area contributed by atoms with Crippen molar-refractivity contribution in [3.8, 4) is 0 Å². The van der Waals surface area contributed by atoms with Crippen molar-refractivity contribution in [1.29, 1.82) is 0 Å². The van der Waals surface area contributed by atoms with E-state index in [1.165, 1.54) is 34.0 Å². The molecule has 0 bridgehead atoms. The van der Waals surface area contributed by atoms with Crippen LogP contribution in [0.2, 0.25) is 0 Å². The first-order chi connectivity index (χ1) is 16.2. The summed E-state index contributed by atoms with van der Waals surface area (Å²) >= 11 is 1.75. The molecule has 2 aliphatic heterocycles. The lowest BCUT2D eigenvalue weighted by Gasteiger charge is -2.23. The molecule has 0 aliphatic carbocycles. The summed E-state index contributed by atoms with van der Waals surface area (Å²) in [6.07, 6.45) is 0.750. The molecular weight excluding hydrogens is 429 g/mol. The van der Waals surface area contributed by atoms with Crippen molar-refractivity contribution >= 4 is 33.4 Å². The van der Waals surface area contributed by atoms with Crippen molar-refractivity contribution in [3.63, 3.8) is 0 Å². The van der Waals surface area contributed by atoms with Gasteiger partial charge in [-0.3, -0.25) is 4.99 Å². The van der Waals surface area contributed by atoms with Crippen LogP contribution in [0.4, 0.5) is 4.39 Å². The minimum absolute atomic E-state index is 0.0513. The van der Waals surface area contributed by atoms with E-state index in [1.54, 1.807) is 11.8 Å². The molecule has 4 aromatic rings. The molecule has 5 heteroatoms. The standard InChI is InChI=1S/C28H22FN3S/c29-24-14-12-21(13-15-24)25-17-27(23-11-10-19-6-4-5-9-22(19)16-23)32(31-25)28-30-26(18-33-28)20-7-2-1-3-8-20/h1-16,26-27H,17-18H2. The van der Waals surface area contributed by atoms with Gasteiger partial charge in [-0.05, 0) is 45.7 Å². The highest BCUT2D eigenvalue weighted by atomic mass is 32.2.